The van der Waals surface area contributed by atoms with Gasteiger partial charge in [-0.3, -0.25) is 9.88 Å². The summed E-state index contributed by atoms with van der Waals surface area (Å²) in [7, 11) is -1.57. The Kier molecular flexibility index (Phi) is 3.88. The molecule has 1 aliphatic rings. The molecule has 2 rings (SSSR count). The molecule has 1 aliphatic heterocycles. The smallest absolute Gasteiger partial charge is 0.246 e. The summed E-state index contributed by atoms with van der Waals surface area (Å²) >= 11 is 5.97. The molecule has 0 unspecified atom stereocenters. The number of rotatable bonds is 2. The van der Waals surface area contributed by atoms with Gasteiger partial charge in [0, 0.05) is 37.6 Å². The van der Waals surface area contributed by atoms with Crippen LogP contribution in [0.5, 0.6) is 0 Å². The van der Waals surface area contributed by atoms with E-state index in [1.54, 1.807) is 0 Å². The number of piperazine rings is 1. The van der Waals surface area contributed by atoms with E-state index < -0.39 is 10.0 Å². The minimum Gasteiger partial charge on any atom is -0.299 e. The molecule has 5 nitrogen and oxygen atoms in total. The Bertz CT molecular complexity index is 574. The topological polar surface area (TPSA) is 53.5 Å². The van der Waals surface area contributed by atoms with Crippen LogP contribution in [0.3, 0.4) is 0 Å². The maximum atomic E-state index is 12.6. The second kappa shape index (κ2) is 5.01. The van der Waals surface area contributed by atoms with Crippen molar-refractivity contribution in [2.45, 2.75) is 24.3 Å². The zero-order chi connectivity index (χ0) is 14.3. The number of pyridine rings is 1. The van der Waals surface area contributed by atoms with Crippen LogP contribution in [0.1, 0.15) is 13.8 Å². The van der Waals surface area contributed by atoms with E-state index in [1.807, 2.05) is 20.9 Å². The molecule has 1 fully saturated rings. The first kappa shape index (κ1) is 14.7. The molecule has 0 amide bonds. The minimum absolute atomic E-state index is 0.0806. The summed E-state index contributed by atoms with van der Waals surface area (Å²) in [5.74, 6) is 0. The number of hydrogen-bond acceptors (Lipinski definition) is 4. The lowest BCUT2D eigenvalue weighted by molar-refractivity contribution is 0.0801. The van der Waals surface area contributed by atoms with Gasteiger partial charge in [-0.05, 0) is 27.0 Å². The number of likely N-dealkylation sites (N-methyl/N-ethyl adjacent to an activating group) is 1. The van der Waals surface area contributed by atoms with Crippen LogP contribution in [-0.2, 0) is 10.0 Å². The van der Waals surface area contributed by atoms with Crippen molar-refractivity contribution in [1.82, 2.24) is 14.2 Å². The predicted molar refractivity (Wildman–Crippen MR) is 74.7 cm³/mol. The first-order valence-corrected chi connectivity index (χ1v) is 7.88. The molecule has 1 aromatic heterocycles. The van der Waals surface area contributed by atoms with Crippen molar-refractivity contribution in [2.75, 3.05) is 26.7 Å². The molecule has 0 aliphatic carbocycles. The highest BCUT2D eigenvalue weighted by molar-refractivity contribution is 7.89. The molecule has 106 valence electrons. The Morgan fingerprint density at radius 3 is 2.63 bits per heavy atom. The van der Waals surface area contributed by atoms with Crippen molar-refractivity contribution in [3.05, 3.63) is 23.5 Å². The fourth-order valence-electron chi connectivity index (χ4n) is 2.09. The highest BCUT2D eigenvalue weighted by Crippen LogP contribution is 2.27. The highest BCUT2D eigenvalue weighted by Gasteiger charge is 2.37. The molecule has 1 aromatic rings. The third kappa shape index (κ3) is 2.76. The molecular weight excluding hydrogens is 286 g/mol. The quantitative estimate of drug-likeness (QED) is 0.830. The summed E-state index contributed by atoms with van der Waals surface area (Å²) in [5.41, 5.74) is -0.194. The van der Waals surface area contributed by atoms with Gasteiger partial charge in [-0.2, -0.15) is 4.31 Å². The normalized spacial score (nSPS) is 21.5. The van der Waals surface area contributed by atoms with Crippen molar-refractivity contribution < 1.29 is 8.42 Å². The van der Waals surface area contributed by atoms with E-state index in [2.05, 4.69) is 9.88 Å². The summed E-state index contributed by atoms with van der Waals surface area (Å²) in [5, 5.41) is 0.215. The van der Waals surface area contributed by atoms with Gasteiger partial charge in [-0.25, -0.2) is 8.42 Å². The standard InChI is InChI=1S/C12H18ClN3O2S/c1-12(2)9-16(7-6-15(12)3)19(17,18)11-8-14-5-4-10(11)13/h4-5,8H,6-7,9H2,1-3H3. The van der Waals surface area contributed by atoms with Gasteiger partial charge in [0.1, 0.15) is 4.90 Å². The molecule has 0 aromatic carbocycles. The summed E-state index contributed by atoms with van der Waals surface area (Å²) in [6.07, 6.45) is 2.79. The van der Waals surface area contributed by atoms with Gasteiger partial charge in [0.05, 0.1) is 5.02 Å². The number of sulfonamides is 1. The van der Waals surface area contributed by atoms with Crippen LogP contribution in [0.4, 0.5) is 0 Å². The molecule has 19 heavy (non-hydrogen) atoms. The second-order valence-electron chi connectivity index (χ2n) is 5.38. The summed E-state index contributed by atoms with van der Waals surface area (Å²) in [6, 6.07) is 1.50. The Hall–Kier alpha value is -0.690. The van der Waals surface area contributed by atoms with E-state index in [1.165, 1.54) is 22.8 Å². The number of halogens is 1. The van der Waals surface area contributed by atoms with Crippen LogP contribution in [0.15, 0.2) is 23.4 Å². The van der Waals surface area contributed by atoms with Crippen LogP contribution in [0.25, 0.3) is 0 Å². The highest BCUT2D eigenvalue weighted by atomic mass is 35.5. The second-order valence-corrected chi connectivity index (χ2v) is 7.69. The van der Waals surface area contributed by atoms with Crippen LogP contribution in [0, 0.1) is 0 Å². The van der Waals surface area contributed by atoms with E-state index in [4.69, 9.17) is 11.6 Å². The van der Waals surface area contributed by atoms with E-state index in [9.17, 15) is 8.42 Å². The maximum Gasteiger partial charge on any atom is 0.246 e. The van der Waals surface area contributed by atoms with Crippen LogP contribution >= 0.6 is 11.6 Å². The van der Waals surface area contributed by atoms with E-state index in [0.717, 1.165) is 0 Å². The molecule has 0 N–H and O–H groups in total. The molecule has 0 atom stereocenters. The van der Waals surface area contributed by atoms with Crippen LogP contribution in [-0.4, -0.2) is 54.8 Å². The first-order chi connectivity index (χ1) is 8.75. The zero-order valence-corrected chi connectivity index (χ0v) is 12.9. The van der Waals surface area contributed by atoms with Gasteiger partial charge >= 0.3 is 0 Å². The van der Waals surface area contributed by atoms with Gasteiger partial charge < -0.3 is 0 Å². The SMILES string of the molecule is CN1CCN(S(=O)(=O)c2cnccc2Cl)CC1(C)C. The average Bonchev–Trinajstić information content (AvgIpc) is 2.32. The Morgan fingerprint density at radius 1 is 1.37 bits per heavy atom. The van der Waals surface area contributed by atoms with Gasteiger partial charge in [0.2, 0.25) is 10.0 Å². The van der Waals surface area contributed by atoms with Gasteiger partial charge in [-0.1, -0.05) is 11.6 Å². The molecule has 0 radical (unpaired) electrons. The van der Waals surface area contributed by atoms with E-state index >= 15 is 0 Å². The molecule has 0 bridgehead atoms. The Balaban J connectivity index is 2.34. The zero-order valence-electron chi connectivity index (χ0n) is 11.3. The van der Waals surface area contributed by atoms with Crippen molar-refractivity contribution in [3.63, 3.8) is 0 Å². The monoisotopic (exact) mass is 303 g/mol. The molecule has 1 saturated heterocycles. The largest absolute Gasteiger partial charge is 0.299 e. The minimum atomic E-state index is -3.57. The third-order valence-corrected chi connectivity index (χ3v) is 5.95. The van der Waals surface area contributed by atoms with Crippen molar-refractivity contribution in [3.8, 4) is 0 Å². The average molecular weight is 304 g/mol. The number of nitrogens with zero attached hydrogens (tertiary/aromatic N) is 3. The lowest BCUT2D eigenvalue weighted by Crippen LogP contribution is -2.58. The summed E-state index contributed by atoms with van der Waals surface area (Å²) < 4.78 is 26.7. The molecular formula is C12H18ClN3O2S. The van der Waals surface area contributed by atoms with Crippen molar-refractivity contribution in [1.29, 1.82) is 0 Å². The summed E-state index contributed by atoms with van der Waals surface area (Å²) in [6.45, 7) is 5.66. The fourth-order valence-corrected chi connectivity index (χ4v) is 4.08. The van der Waals surface area contributed by atoms with Crippen molar-refractivity contribution >= 4 is 21.6 Å². The van der Waals surface area contributed by atoms with E-state index in [-0.39, 0.29) is 15.5 Å². The predicted octanol–water partition coefficient (Wildman–Crippen LogP) is 1.45. The lowest BCUT2D eigenvalue weighted by atomic mass is 10.0. The number of hydrogen-bond donors (Lipinski definition) is 0. The molecule has 7 heteroatoms. The molecule has 0 saturated carbocycles. The molecule has 0 spiro atoms. The van der Waals surface area contributed by atoms with Gasteiger partial charge in [0.15, 0.2) is 0 Å². The van der Waals surface area contributed by atoms with Crippen LogP contribution in [0.2, 0.25) is 5.02 Å². The van der Waals surface area contributed by atoms with Gasteiger partial charge in [-0.15, -0.1) is 0 Å². The first-order valence-electron chi connectivity index (χ1n) is 6.06. The molecule has 2 heterocycles. The van der Waals surface area contributed by atoms with Crippen molar-refractivity contribution in [2.24, 2.45) is 0 Å². The lowest BCUT2D eigenvalue weighted by Gasteiger charge is -2.44. The fraction of sp³-hybridized carbons (Fsp3) is 0.583. The van der Waals surface area contributed by atoms with Gasteiger partial charge in [0.25, 0.3) is 0 Å². The maximum absolute atomic E-state index is 12.6. The van der Waals surface area contributed by atoms with E-state index in [0.29, 0.717) is 19.6 Å². The summed E-state index contributed by atoms with van der Waals surface area (Å²) in [4.78, 5) is 6.09. The van der Waals surface area contributed by atoms with Crippen LogP contribution < -0.4 is 0 Å². The number of aromatic nitrogens is 1. The Labute approximate surface area is 119 Å². The third-order valence-electron chi connectivity index (χ3n) is 3.63. The Morgan fingerprint density at radius 2 is 2.05 bits per heavy atom.